The number of rotatable bonds is 3. The molecule has 1 heterocycles. The van der Waals surface area contributed by atoms with Gasteiger partial charge in [0.1, 0.15) is 5.69 Å². The van der Waals surface area contributed by atoms with Gasteiger partial charge in [-0.2, -0.15) is 23.0 Å². The van der Waals surface area contributed by atoms with Crippen LogP contribution in [-0.2, 0) is 6.18 Å². The van der Waals surface area contributed by atoms with Gasteiger partial charge in [-0.3, -0.25) is 9.59 Å². The molecule has 3 aromatic rings. The Morgan fingerprint density at radius 3 is 2.41 bits per heavy atom. The normalized spacial score (nSPS) is 11.3. The highest BCUT2D eigenvalue weighted by Crippen LogP contribution is 2.33. The van der Waals surface area contributed by atoms with Gasteiger partial charge in [-0.15, -0.1) is 0 Å². The maximum absolute atomic E-state index is 13.0. The predicted molar refractivity (Wildman–Crippen MR) is 94.0 cm³/mol. The molecular weight excluding hydrogens is 359 g/mol. The van der Waals surface area contributed by atoms with Crippen molar-refractivity contribution in [2.24, 2.45) is 0 Å². The van der Waals surface area contributed by atoms with Crippen molar-refractivity contribution >= 4 is 11.6 Å². The minimum absolute atomic E-state index is 0.0165. The molecule has 0 aliphatic rings. The van der Waals surface area contributed by atoms with Gasteiger partial charge in [-0.1, -0.05) is 24.3 Å². The first-order valence-corrected chi connectivity index (χ1v) is 7.91. The van der Waals surface area contributed by atoms with Gasteiger partial charge < -0.3 is 5.32 Å². The van der Waals surface area contributed by atoms with Crippen molar-refractivity contribution in [2.75, 3.05) is 5.32 Å². The van der Waals surface area contributed by atoms with Crippen LogP contribution >= 0.6 is 0 Å². The van der Waals surface area contributed by atoms with Crippen molar-refractivity contribution in [2.45, 2.75) is 13.1 Å². The molecule has 1 amide bonds. The summed E-state index contributed by atoms with van der Waals surface area (Å²) in [5.41, 5.74) is -0.872. The third-order valence-electron chi connectivity index (χ3n) is 3.83. The number of nitrogens with one attached hydrogen (secondary N) is 1. The van der Waals surface area contributed by atoms with Crippen molar-refractivity contribution in [3.8, 4) is 5.69 Å². The number of carbonyl (C=O) groups excluding carboxylic acids is 1. The zero-order chi connectivity index (χ0) is 19.6. The van der Waals surface area contributed by atoms with Gasteiger partial charge in [0, 0.05) is 11.8 Å². The number of halogens is 3. The van der Waals surface area contributed by atoms with E-state index in [2.05, 4.69) is 10.4 Å². The van der Waals surface area contributed by atoms with E-state index in [1.165, 1.54) is 31.2 Å². The smallest absolute Gasteiger partial charge is 0.321 e. The van der Waals surface area contributed by atoms with Crippen LogP contribution in [0.25, 0.3) is 5.69 Å². The van der Waals surface area contributed by atoms with Crippen LogP contribution < -0.4 is 10.9 Å². The van der Waals surface area contributed by atoms with Crippen LogP contribution in [0, 0.1) is 6.92 Å². The number of anilines is 1. The Hall–Kier alpha value is -3.42. The highest BCUT2D eigenvalue weighted by molar-refractivity contribution is 6.02. The second-order valence-electron chi connectivity index (χ2n) is 5.79. The van der Waals surface area contributed by atoms with Crippen molar-refractivity contribution in [1.29, 1.82) is 0 Å². The second kappa shape index (κ2) is 7.06. The fraction of sp³-hybridized carbons (Fsp3) is 0.105. The van der Waals surface area contributed by atoms with Gasteiger partial charge in [-0.05, 0) is 42.8 Å². The van der Waals surface area contributed by atoms with E-state index in [0.29, 0.717) is 5.69 Å². The molecule has 0 aliphatic carbocycles. The Balaban J connectivity index is 1.91. The van der Waals surface area contributed by atoms with Crippen LogP contribution in [0.5, 0.6) is 0 Å². The van der Waals surface area contributed by atoms with Crippen molar-refractivity contribution in [3.63, 3.8) is 0 Å². The van der Waals surface area contributed by atoms with Crippen LogP contribution in [0.15, 0.2) is 65.5 Å². The molecule has 0 fully saturated rings. The number of aryl methyl sites for hydroxylation is 1. The number of aromatic nitrogens is 2. The molecule has 8 heteroatoms. The summed E-state index contributed by atoms with van der Waals surface area (Å²) < 4.78 is 40.1. The van der Waals surface area contributed by atoms with E-state index >= 15 is 0 Å². The van der Waals surface area contributed by atoms with Gasteiger partial charge in [0.05, 0.1) is 11.3 Å². The maximum atomic E-state index is 13.0. The molecular formula is C19H14F3N3O2. The molecule has 0 bridgehead atoms. The predicted octanol–water partition coefficient (Wildman–Crippen LogP) is 3.81. The Kier molecular flexibility index (Phi) is 4.81. The fourth-order valence-electron chi connectivity index (χ4n) is 2.49. The first-order valence-electron chi connectivity index (χ1n) is 7.91. The van der Waals surface area contributed by atoms with Crippen molar-refractivity contribution in [3.05, 3.63) is 87.8 Å². The molecule has 1 N–H and O–H groups in total. The third-order valence-corrected chi connectivity index (χ3v) is 3.83. The first kappa shape index (κ1) is 18.4. The number of benzene rings is 2. The summed E-state index contributed by atoms with van der Waals surface area (Å²) in [4.78, 5) is 24.4. The number of nitrogens with zero attached hydrogens (tertiary/aromatic N) is 2. The number of carbonyl (C=O) groups is 1. The molecule has 0 atom stereocenters. The van der Waals surface area contributed by atoms with Gasteiger partial charge in [-0.25, -0.2) is 0 Å². The number of hydrogen-bond acceptors (Lipinski definition) is 3. The quantitative estimate of drug-likeness (QED) is 0.759. The zero-order valence-corrected chi connectivity index (χ0v) is 14.1. The summed E-state index contributed by atoms with van der Waals surface area (Å²) in [6.07, 6.45) is -4.52. The molecule has 5 nitrogen and oxygen atoms in total. The summed E-state index contributed by atoms with van der Waals surface area (Å²) in [5.74, 6) is -0.725. The molecule has 0 saturated heterocycles. The lowest BCUT2D eigenvalue weighted by molar-refractivity contribution is -0.138. The fourth-order valence-corrected chi connectivity index (χ4v) is 2.49. The lowest BCUT2D eigenvalue weighted by Gasteiger charge is -2.13. The van der Waals surface area contributed by atoms with Crippen LogP contribution in [0.3, 0.4) is 0 Å². The van der Waals surface area contributed by atoms with Gasteiger partial charge >= 0.3 is 6.18 Å². The number of hydrogen-bond donors (Lipinski definition) is 1. The lowest BCUT2D eigenvalue weighted by atomic mass is 10.1. The molecule has 2 aromatic carbocycles. The summed E-state index contributed by atoms with van der Waals surface area (Å²) in [5, 5.41) is 6.38. The molecule has 1 aromatic heterocycles. The van der Waals surface area contributed by atoms with Crippen LogP contribution in [0.1, 0.15) is 21.6 Å². The molecule has 0 unspecified atom stereocenters. The van der Waals surface area contributed by atoms with E-state index in [0.717, 1.165) is 10.7 Å². The van der Waals surface area contributed by atoms with Crippen LogP contribution in [0.2, 0.25) is 0 Å². The summed E-state index contributed by atoms with van der Waals surface area (Å²) in [6.45, 7) is 1.34. The Bertz CT molecular complexity index is 1040. The van der Waals surface area contributed by atoms with E-state index in [1.807, 2.05) is 0 Å². The van der Waals surface area contributed by atoms with Gasteiger partial charge in [0.2, 0.25) is 0 Å². The molecule has 0 saturated carbocycles. The molecule has 138 valence electrons. The molecule has 0 radical (unpaired) electrons. The highest BCUT2D eigenvalue weighted by Gasteiger charge is 2.32. The molecule has 0 aliphatic heterocycles. The monoisotopic (exact) mass is 373 g/mol. The zero-order valence-electron chi connectivity index (χ0n) is 14.1. The summed E-state index contributed by atoms with van der Waals surface area (Å²) in [7, 11) is 0. The average Bonchev–Trinajstić information content (AvgIpc) is 2.63. The Labute approximate surface area is 152 Å². The highest BCUT2D eigenvalue weighted by atomic mass is 19.4. The van der Waals surface area contributed by atoms with E-state index in [1.54, 1.807) is 30.3 Å². The standard InChI is InChI=1S/C19H14F3N3O2/c1-12-7-8-13(11-15(12)19(20,21)22)23-18(27)16-9-10-17(26)25(24-16)14-5-3-2-4-6-14/h2-11H,1H3,(H,23,27). The van der Waals surface area contributed by atoms with Gasteiger partial charge in [0.25, 0.3) is 11.5 Å². The van der Waals surface area contributed by atoms with E-state index < -0.39 is 23.2 Å². The molecule has 0 spiro atoms. The van der Waals surface area contributed by atoms with Crippen LogP contribution in [-0.4, -0.2) is 15.7 Å². The maximum Gasteiger partial charge on any atom is 0.416 e. The van der Waals surface area contributed by atoms with E-state index in [4.69, 9.17) is 0 Å². The summed E-state index contributed by atoms with van der Waals surface area (Å²) >= 11 is 0. The number of alkyl halides is 3. The Morgan fingerprint density at radius 1 is 1.04 bits per heavy atom. The SMILES string of the molecule is Cc1ccc(NC(=O)c2ccc(=O)n(-c3ccccc3)n2)cc1C(F)(F)F. The largest absolute Gasteiger partial charge is 0.416 e. The summed E-state index contributed by atoms with van der Waals surface area (Å²) in [6, 6.07) is 14.4. The lowest BCUT2D eigenvalue weighted by Crippen LogP contribution is -2.25. The van der Waals surface area contributed by atoms with Crippen molar-refractivity contribution < 1.29 is 18.0 Å². The Morgan fingerprint density at radius 2 is 1.74 bits per heavy atom. The van der Waals surface area contributed by atoms with Crippen LogP contribution in [0.4, 0.5) is 18.9 Å². The molecule has 27 heavy (non-hydrogen) atoms. The van der Waals surface area contributed by atoms with E-state index in [9.17, 15) is 22.8 Å². The molecule has 3 rings (SSSR count). The third kappa shape index (κ3) is 4.05. The number of amides is 1. The minimum atomic E-state index is -4.52. The topological polar surface area (TPSA) is 64.0 Å². The number of para-hydroxylation sites is 1. The first-order chi connectivity index (χ1) is 12.8. The average molecular weight is 373 g/mol. The van der Waals surface area contributed by atoms with E-state index in [-0.39, 0.29) is 16.9 Å². The van der Waals surface area contributed by atoms with Gasteiger partial charge in [0.15, 0.2) is 0 Å². The minimum Gasteiger partial charge on any atom is -0.321 e. The van der Waals surface area contributed by atoms with Crippen molar-refractivity contribution in [1.82, 2.24) is 9.78 Å². The second-order valence-corrected chi connectivity index (χ2v) is 5.79.